The Morgan fingerprint density at radius 3 is 2.22 bits per heavy atom. The van der Waals surface area contributed by atoms with Crippen molar-refractivity contribution in [1.29, 1.82) is 5.41 Å². The van der Waals surface area contributed by atoms with Crippen molar-refractivity contribution in [3.8, 4) is 0 Å². The van der Waals surface area contributed by atoms with E-state index in [0.29, 0.717) is 6.54 Å². The number of carbonyl (C=O) groups excluding carboxylic acids is 1. The molecule has 0 rings (SSSR count). The first kappa shape index (κ1) is 7.94. The minimum absolute atomic E-state index is 0.185. The van der Waals surface area contributed by atoms with Gasteiger partial charge >= 0.3 is 6.03 Å². The standard InChI is InChI=1S/C5H11N3O/c1-3-8(4(2)6)5(7)9/h6H,3H2,1-2H3,(H2,7,9). The molecule has 0 radical (unpaired) electrons. The fourth-order valence-electron chi connectivity index (χ4n) is 0.558. The Balaban J connectivity index is 3.99. The summed E-state index contributed by atoms with van der Waals surface area (Å²) in [5.41, 5.74) is 4.89. The number of nitrogens with two attached hydrogens (primary N) is 1. The van der Waals surface area contributed by atoms with E-state index in [-0.39, 0.29) is 5.84 Å². The van der Waals surface area contributed by atoms with E-state index in [2.05, 4.69) is 0 Å². The van der Waals surface area contributed by atoms with E-state index < -0.39 is 6.03 Å². The number of rotatable bonds is 1. The third kappa shape index (κ3) is 2.12. The van der Waals surface area contributed by atoms with Crippen LogP contribution in [0.1, 0.15) is 13.8 Å². The second-order valence-corrected chi connectivity index (χ2v) is 1.67. The van der Waals surface area contributed by atoms with Gasteiger partial charge in [-0.25, -0.2) is 4.79 Å². The van der Waals surface area contributed by atoms with Crippen LogP contribution in [-0.2, 0) is 0 Å². The number of nitrogens with one attached hydrogen (secondary N) is 1. The van der Waals surface area contributed by atoms with Crippen LogP contribution in [0.25, 0.3) is 0 Å². The molecule has 0 bridgehead atoms. The van der Waals surface area contributed by atoms with Crippen LogP contribution in [0.15, 0.2) is 0 Å². The Labute approximate surface area is 54.1 Å². The molecule has 0 aliphatic rings. The van der Waals surface area contributed by atoms with Gasteiger partial charge in [0.25, 0.3) is 0 Å². The molecule has 0 heterocycles. The van der Waals surface area contributed by atoms with Gasteiger partial charge in [-0.15, -0.1) is 0 Å². The number of primary amides is 1. The van der Waals surface area contributed by atoms with Crippen molar-refractivity contribution in [2.24, 2.45) is 5.73 Å². The number of urea groups is 1. The summed E-state index contributed by atoms with van der Waals surface area (Å²) in [4.78, 5) is 11.6. The highest BCUT2D eigenvalue weighted by Gasteiger charge is 2.06. The number of carbonyl (C=O) groups is 1. The smallest absolute Gasteiger partial charge is 0.320 e. The molecule has 0 saturated carbocycles. The summed E-state index contributed by atoms with van der Waals surface area (Å²) in [5.74, 6) is 0.185. The van der Waals surface area contributed by atoms with Crippen LogP contribution < -0.4 is 5.73 Å². The third-order valence-electron chi connectivity index (χ3n) is 0.987. The van der Waals surface area contributed by atoms with Crippen molar-refractivity contribution in [3.05, 3.63) is 0 Å². The Kier molecular flexibility index (Phi) is 2.70. The van der Waals surface area contributed by atoms with Crippen molar-refractivity contribution in [2.75, 3.05) is 6.54 Å². The van der Waals surface area contributed by atoms with E-state index in [1.807, 2.05) is 0 Å². The maximum absolute atomic E-state index is 10.4. The van der Waals surface area contributed by atoms with Gasteiger partial charge in [-0.05, 0) is 13.8 Å². The third-order valence-corrected chi connectivity index (χ3v) is 0.987. The maximum Gasteiger partial charge on any atom is 0.320 e. The van der Waals surface area contributed by atoms with Gasteiger partial charge in [-0.2, -0.15) is 0 Å². The predicted molar refractivity (Wildman–Crippen MR) is 35.4 cm³/mol. The summed E-state index contributed by atoms with van der Waals surface area (Å²) in [6.07, 6.45) is 0. The molecular weight excluding hydrogens is 118 g/mol. The van der Waals surface area contributed by atoms with Crippen molar-refractivity contribution >= 4 is 11.9 Å². The fraction of sp³-hybridized carbons (Fsp3) is 0.600. The highest BCUT2D eigenvalue weighted by molar-refractivity contribution is 5.93. The second kappa shape index (κ2) is 3.06. The predicted octanol–water partition coefficient (Wildman–Crippen LogP) is 0.384. The minimum Gasteiger partial charge on any atom is -0.351 e. The van der Waals surface area contributed by atoms with Gasteiger partial charge in [0.05, 0.1) is 0 Å². The number of nitrogens with zero attached hydrogens (tertiary/aromatic N) is 1. The zero-order chi connectivity index (χ0) is 7.44. The topological polar surface area (TPSA) is 70.2 Å². The molecule has 0 unspecified atom stereocenters. The van der Waals surface area contributed by atoms with Crippen molar-refractivity contribution in [1.82, 2.24) is 4.90 Å². The summed E-state index contributed by atoms with van der Waals surface area (Å²) in [7, 11) is 0. The van der Waals surface area contributed by atoms with E-state index in [1.54, 1.807) is 6.92 Å². The maximum atomic E-state index is 10.4. The summed E-state index contributed by atoms with van der Waals surface area (Å²) in [6.45, 7) is 3.75. The molecule has 0 aromatic heterocycles. The van der Waals surface area contributed by atoms with Crippen molar-refractivity contribution in [2.45, 2.75) is 13.8 Å². The number of amides is 2. The van der Waals surface area contributed by atoms with Crippen LogP contribution in [0.2, 0.25) is 0 Å². The molecule has 4 nitrogen and oxygen atoms in total. The van der Waals surface area contributed by atoms with Gasteiger partial charge in [-0.3, -0.25) is 10.3 Å². The van der Waals surface area contributed by atoms with E-state index in [1.165, 1.54) is 11.8 Å². The normalized spacial score (nSPS) is 8.67. The van der Waals surface area contributed by atoms with Gasteiger partial charge in [0.1, 0.15) is 5.84 Å². The lowest BCUT2D eigenvalue weighted by Crippen LogP contribution is -2.38. The average Bonchev–Trinajstić information content (AvgIpc) is 1.64. The van der Waals surface area contributed by atoms with Gasteiger partial charge in [0.2, 0.25) is 0 Å². The molecule has 2 amide bonds. The molecule has 0 saturated heterocycles. The van der Waals surface area contributed by atoms with Crippen LogP contribution >= 0.6 is 0 Å². The van der Waals surface area contributed by atoms with Crippen LogP contribution in [0, 0.1) is 5.41 Å². The number of hydrogen-bond donors (Lipinski definition) is 2. The molecule has 52 valence electrons. The zero-order valence-corrected chi connectivity index (χ0v) is 5.64. The molecule has 9 heavy (non-hydrogen) atoms. The van der Waals surface area contributed by atoms with Crippen LogP contribution in [-0.4, -0.2) is 23.3 Å². The Morgan fingerprint density at radius 2 is 2.22 bits per heavy atom. The highest BCUT2D eigenvalue weighted by atomic mass is 16.2. The second-order valence-electron chi connectivity index (χ2n) is 1.67. The van der Waals surface area contributed by atoms with E-state index in [9.17, 15) is 4.79 Å². The lowest BCUT2D eigenvalue weighted by Gasteiger charge is -2.14. The highest BCUT2D eigenvalue weighted by Crippen LogP contribution is 1.86. The van der Waals surface area contributed by atoms with Crippen molar-refractivity contribution < 1.29 is 4.79 Å². The molecule has 4 heteroatoms. The first-order valence-corrected chi connectivity index (χ1v) is 2.71. The van der Waals surface area contributed by atoms with Gasteiger partial charge in [0, 0.05) is 6.54 Å². The summed E-state index contributed by atoms with van der Waals surface area (Å²) in [5, 5.41) is 7.01. The van der Waals surface area contributed by atoms with Gasteiger partial charge < -0.3 is 5.73 Å². The number of amidine groups is 1. The SMILES string of the molecule is CCN(C(C)=N)C(N)=O. The molecule has 0 aliphatic heterocycles. The fourth-order valence-corrected chi connectivity index (χ4v) is 0.558. The van der Waals surface area contributed by atoms with Gasteiger partial charge in [0.15, 0.2) is 0 Å². The molecule has 0 aromatic carbocycles. The Bertz CT molecular complexity index is 118. The molecule has 0 spiro atoms. The molecule has 0 fully saturated rings. The Hall–Kier alpha value is -1.06. The molecule has 0 atom stereocenters. The van der Waals surface area contributed by atoms with Gasteiger partial charge in [-0.1, -0.05) is 0 Å². The summed E-state index contributed by atoms with van der Waals surface area (Å²) >= 11 is 0. The van der Waals surface area contributed by atoms with E-state index in [0.717, 1.165) is 0 Å². The largest absolute Gasteiger partial charge is 0.351 e. The first-order chi connectivity index (χ1) is 4.09. The van der Waals surface area contributed by atoms with Crippen LogP contribution in [0.4, 0.5) is 4.79 Å². The minimum atomic E-state index is -0.565. The molecular formula is C5H11N3O. The monoisotopic (exact) mass is 129 g/mol. The Morgan fingerprint density at radius 1 is 1.78 bits per heavy atom. The average molecular weight is 129 g/mol. The summed E-state index contributed by atoms with van der Waals surface area (Å²) in [6, 6.07) is -0.565. The lowest BCUT2D eigenvalue weighted by atomic mass is 10.5. The molecule has 0 aliphatic carbocycles. The zero-order valence-electron chi connectivity index (χ0n) is 5.64. The summed E-state index contributed by atoms with van der Waals surface area (Å²) < 4.78 is 0. The molecule has 0 aromatic rings. The number of hydrogen-bond acceptors (Lipinski definition) is 2. The molecule has 3 N–H and O–H groups in total. The quantitative estimate of drug-likeness (QED) is 0.390. The van der Waals surface area contributed by atoms with E-state index in [4.69, 9.17) is 11.1 Å². The van der Waals surface area contributed by atoms with Crippen LogP contribution in [0.5, 0.6) is 0 Å². The van der Waals surface area contributed by atoms with Crippen LogP contribution in [0.3, 0.4) is 0 Å². The van der Waals surface area contributed by atoms with Crippen molar-refractivity contribution in [3.63, 3.8) is 0 Å². The first-order valence-electron chi connectivity index (χ1n) is 2.71. The van der Waals surface area contributed by atoms with E-state index >= 15 is 0 Å². The lowest BCUT2D eigenvalue weighted by molar-refractivity contribution is 0.231.